The number of rotatable bonds is 0. The maximum absolute atomic E-state index is 11.0. The monoisotopic (exact) mass is 180 g/mol. The summed E-state index contributed by atoms with van der Waals surface area (Å²) in [5.74, 6) is 5.79. The Labute approximate surface area is 77.4 Å². The summed E-state index contributed by atoms with van der Waals surface area (Å²) in [6.45, 7) is 1.76. The molecule has 0 radical (unpaired) electrons. The molecule has 2 aliphatic rings. The first-order valence-electron chi connectivity index (χ1n) is 4.60. The van der Waals surface area contributed by atoms with Gasteiger partial charge in [-0.3, -0.25) is 0 Å². The summed E-state index contributed by atoms with van der Waals surface area (Å²) in [5.41, 5.74) is -0.621. The van der Waals surface area contributed by atoms with Crippen molar-refractivity contribution in [3.63, 3.8) is 0 Å². The topological polar surface area (TPSA) is 35.5 Å². The van der Waals surface area contributed by atoms with Gasteiger partial charge in [0, 0.05) is 6.42 Å². The Bertz CT molecular complexity index is 286. The number of carbonyl (C=O) groups is 1. The Morgan fingerprint density at radius 3 is 3.15 bits per heavy atom. The molecule has 0 spiro atoms. The Hall–Kier alpha value is -1.17. The molecule has 0 amide bonds. The maximum atomic E-state index is 11.0. The molecule has 13 heavy (non-hydrogen) atoms. The first-order chi connectivity index (χ1) is 6.27. The highest BCUT2D eigenvalue weighted by atomic mass is 16.8. The molecule has 1 saturated heterocycles. The van der Waals surface area contributed by atoms with E-state index in [9.17, 15) is 4.79 Å². The minimum Gasteiger partial charge on any atom is -0.426 e. The molecular weight excluding hydrogens is 168 g/mol. The number of fused-ring (bicyclic) bond motifs is 1. The molecule has 1 aliphatic carbocycles. The predicted molar refractivity (Wildman–Crippen MR) is 46.0 cm³/mol. The zero-order chi connectivity index (χ0) is 9.31. The van der Waals surface area contributed by atoms with Gasteiger partial charge in [-0.25, -0.2) is 4.79 Å². The van der Waals surface area contributed by atoms with E-state index in [1.165, 1.54) is 0 Å². The first kappa shape index (κ1) is 8.43. The molecule has 0 bridgehead atoms. The number of carbonyl (C=O) groups excluding carboxylic acids is 1. The van der Waals surface area contributed by atoms with Crippen LogP contribution in [0.3, 0.4) is 0 Å². The molecule has 3 nitrogen and oxygen atoms in total. The van der Waals surface area contributed by atoms with Crippen LogP contribution in [0.1, 0.15) is 32.6 Å². The zero-order valence-electron chi connectivity index (χ0n) is 7.63. The molecule has 2 fully saturated rings. The van der Waals surface area contributed by atoms with Crippen molar-refractivity contribution in [1.29, 1.82) is 0 Å². The van der Waals surface area contributed by atoms with Gasteiger partial charge in [0.05, 0.1) is 0 Å². The molecule has 0 aromatic heterocycles. The van der Waals surface area contributed by atoms with Gasteiger partial charge in [-0.05, 0) is 26.2 Å². The van der Waals surface area contributed by atoms with Crippen molar-refractivity contribution in [2.45, 2.75) is 44.3 Å². The molecule has 70 valence electrons. The molecule has 2 atom stereocenters. The molecule has 2 unspecified atom stereocenters. The number of hydrogen-bond acceptors (Lipinski definition) is 3. The smallest absolute Gasteiger partial charge is 0.426 e. The molecule has 0 N–H and O–H groups in total. The lowest BCUT2D eigenvalue weighted by Crippen LogP contribution is -2.41. The van der Waals surface area contributed by atoms with E-state index in [0.29, 0.717) is 0 Å². The predicted octanol–water partition coefficient (Wildman–Crippen LogP) is 1.86. The van der Waals surface area contributed by atoms with Gasteiger partial charge >= 0.3 is 6.16 Å². The van der Waals surface area contributed by atoms with E-state index in [-0.39, 0.29) is 6.10 Å². The SMILES string of the molecule is CC#CC12CCCCC1OC(=O)O2. The molecular formula is C10H12O3. The van der Waals surface area contributed by atoms with Crippen LogP contribution in [0.2, 0.25) is 0 Å². The van der Waals surface area contributed by atoms with Gasteiger partial charge in [-0.1, -0.05) is 5.92 Å². The van der Waals surface area contributed by atoms with Crippen LogP contribution in [-0.2, 0) is 9.47 Å². The van der Waals surface area contributed by atoms with Crippen LogP contribution in [0.5, 0.6) is 0 Å². The van der Waals surface area contributed by atoms with Crippen LogP contribution in [0.25, 0.3) is 0 Å². The first-order valence-corrected chi connectivity index (χ1v) is 4.60. The van der Waals surface area contributed by atoms with E-state index in [1.807, 2.05) is 0 Å². The van der Waals surface area contributed by atoms with Crippen LogP contribution < -0.4 is 0 Å². The summed E-state index contributed by atoms with van der Waals surface area (Å²) in [6.07, 6.45) is 3.14. The average molecular weight is 180 g/mol. The molecule has 3 heteroatoms. The van der Waals surface area contributed by atoms with Crippen LogP contribution in [-0.4, -0.2) is 17.9 Å². The van der Waals surface area contributed by atoms with Gasteiger partial charge in [-0.15, -0.1) is 5.92 Å². The summed E-state index contributed by atoms with van der Waals surface area (Å²) >= 11 is 0. The van der Waals surface area contributed by atoms with Crippen LogP contribution in [0.4, 0.5) is 4.79 Å². The van der Waals surface area contributed by atoms with Gasteiger partial charge in [0.2, 0.25) is 5.60 Å². The second-order valence-electron chi connectivity index (χ2n) is 3.47. The lowest BCUT2D eigenvalue weighted by molar-refractivity contribution is 0.0492. The summed E-state index contributed by atoms with van der Waals surface area (Å²) in [5, 5.41) is 0. The fourth-order valence-corrected chi connectivity index (χ4v) is 2.05. The Morgan fingerprint density at radius 1 is 1.54 bits per heavy atom. The lowest BCUT2D eigenvalue weighted by atomic mass is 9.83. The van der Waals surface area contributed by atoms with Gasteiger partial charge in [0.25, 0.3) is 0 Å². The molecule has 2 rings (SSSR count). The normalized spacial score (nSPS) is 36.7. The summed E-state index contributed by atoms with van der Waals surface area (Å²) < 4.78 is 10.2. The lowest BCUT2D eigenvalue weighted by Gasteiger charge is -2.29. The third-order valence-electron chi connectivity index (χ3n) is 2.63. The Balaban J connectivity index is 2.27. The Morgan fingerprint density at radius 2 is 2.38 bits per heavy atom. The molecule has 1 heterocycles. The van der Waals surface area contributed by atoms with Crippen molar-refractivity contribution in [2.75, 3.05) is 0 Å². The second-order valence-corrected chi connectivity index (χ2v) is 3.47. The quantitative estimate of drug-likeness (QED) is 0.421. The molecule has 1 aliphatic heterocycles. The summed E-state index contributed by atoms with van der Waals surface area (Å²) in [7, 11) is 0. The Kier molecular flexibility index (Phi) is 1.91. The fraction of sp³-hybridized carbons (Fsp3) is 0.700. The van der Waals surface area contributed by atoms with Crippen molar-refractivity contribution in [2.24, 2.45) is 0 Å². The van der Waals surface area contributed by atoms with E-state index in [0.717, 1.165) is 25.7 Å². The van der Waals surface area contributed by atoms with Crippen LogP contribution in [0.15, 0.2) is 0 Å². The van der Waals surface area contributed by atoms with E-state index in [4.69, 9.17) is 9.47 Å². The maximum Gasteiger partial charge on any atom is 0.510 e. The van der Waals surface area contributed by atoms with Crippen molar-refractivity contribution in [3.05, 3.63) is 0 Å². The van der Waals surface area contributed by atoms with Crippen molar-refractivity contribution in [3.8, 4) is 11.8 Å². The van der Waals surface area contributed by atoms with Gasteiger partial charge in [0.1, 0.15) is 0 Å². The zero-order valence-corrected chi connectivity index (χ0v) is 7.63. The highest BCUT2D eigenvalue weighted by molar-refractivity contribution is 5.64. The van der Waals surface area contributed by atoms with Crippen molar-refractivity contribution >= 4 is 6.16 Å². The standard InChI is InChI=1S/C10H12O3/c1-2-6-10-7-4-3-5-8(10)12-9(11)13-10/h8H,3-5,7H2,1H3. The molecule has 0 aromatic carbocycles. The third-order valence-corrected chi connectivity index (χ3v) is 2.63. The van der Waals surface area contributed by atoms with E-state index in [2.05, 4.69) is 11.8 Å². The van der Waals surface area contributed by atoms with Crippen LogP contribution in [0, 0.1) is 11.8 Å². The van der Waals surface area contributed by atoms with Crippen molar-refractivity contribution < 1.29 is 14.3 Å². The van der Waals surface area contributed by atoms with Crippen molar-refractivity contribution in [1.82, 2.24) is 0 Å². The van der Waals surface area contributed by atoms with Crippen LogP contribution >= 0.6 is 0 Å². The van der Waals surface area contributed by atoms with E-state index in [1.54, 1.807) is 6.92 Å². The highest BCUT2D eigenvalue weighted by Gasteiger charge is 2.51. The molecule has 0 aromatic rings. The van der Waals surface area contributed by atoms with E-state index < -0.39 is 11.8 Å². The average Bonchev–Trinajstić information content (AvgIpc) is 2.41. The van der Waals surface area contributed by atoms with Gasteiger partial charge in [-0.2, -0.15) is 0 Å². The minimum atomic E-state index is -0.621. The van der Waals surface area contributed by atoms with Gasteiger partial charge in [0.15, 0.2) is 6.10 Å². The fourth-order valence-electron chi connectivity index (χ4n) is 2.05. The minimum absolute atomic E-state index is 0.138. The summed E-state index contributed by atoms with van der Waals surface area (Å²) in [4.78, 5) is 11.0. The highest BCUT2D eigenvalue weighted by Crippen LogP contribution is 2.38. The third kappa shape index (κ3) is 1.27. The largest absolute Gasteiger partial charge is 0.510 e. The summed E-state index contributed by atoms with van der Waals surface area (Å²) in [6, 6.07) is 0. The number of hydrogen-bond donors (Lipinski definition) is 0. The van der Waals surface area contributed by atoms with E-state index >= 15 is 0 Å². The number of ether oxygens (including phenoxy) is 2. The second kappa shape index (κ2) is 2.95. The molecule has 1 saturated carbocycles. The van der Waals surface area contributed by atoms with Gasteiger partial charge < -0.3 is 9.47 Å².